The molecule has 7 heteroatoms. The van der Waals surface area contributed by atoms with Crippen molar-refractivity contribution in [3.05, 3.63) is 65.7 Å². The molecule has 0 saturated carbocycles. The second-order valence-corrected chi connectivity index (χ2v) is 10.2. The molecule has 0 radical (unpaired) electrons. The fourth-order valence-corrected chi connectivity index (χ4v) is 5.78. The molecular formula is C23H31ClN2O3S. The van der Waals surface area contributed by atoms with Crippen LogP contribution in [0, 0.1) is 5.92 Å². The Morgan fingerprint density at radius 2 is 1.63 bits per heavy atom. The lowest BCUT2D eigenvalue weighted by Gasteiger charge is -2.42. The fourth-order valence-electron chi connectivity index (χ4n) is 4.10. The van der Waals surface area contributed by atoms with Crippen molar-refractivity contribution in [3.63, 3.8) is 0 Å². The zero-order valence-corrected chi connectivity index (χ0v) is 19.2. The molecule has 0 amide bonds. The Hall–Kier alpha value is -1.73. The molecule has 0 aromatic heterocycles. The molecule has 0 bridgehead atoms. The lowest BCUT2D eigenvalue weighted by molar-refractivity contribution is 0.112. The summed E-state index contributed by atoms with van der Waals surface area (Å²) in [5.41, 5.74) is 1.46. The summed E-state index contributed by atoms with van der Waals surface area (Å²) in [5, 5.41) is 3.41. The number of halogens is 1. The minimum atomic E-state index is -3.67. The highest BCUT2D eigenvalue weighted by molar-refractivity contribution is 7.89. The number of hydrogen-bond acceptors (Lipinski definition) is 4. The van der Waals surface area contributed by atoms with Crippen LogP contribution in [0.4, 0.5) is 0 Å². The molecule has 2 aromatic carbocycles. The van der Waals surface area contributed by atoms with Gasteiger partial charge in [0, 0.05) is 24.1 Å². The quantitative estimate of drug-likeness (QED) is 0.619. The molecule has 1 aliphatic heterocycles. The molecule has 0 atom stereocenters. The third kappa shape index (κ3) is 5.49. The number of nitrogens with one attached hydrogen (secondary N) is 1. The maximum Gasteiger partial charge on any atom is 0.243 e. The Labute approximate surface area is 186 Å². The first-order chi connectivity index (χ1) is 13.9. The third-order valence-electron chi connectivity index (χ3n) is 5.65. The normalized spacial score (nSPS) is 16.3. The maximum atomic E-state index is 13.5. The van der Waals surface area contributed by atoms with E-state index in [1.54, 1.807) is 16.4 Å². The largest absolute Gasteiger partial charge is 0.317 e. The van der Waals surface area contributed by atoms with Crippen molar-refractivity contribution in [2.45, 2.75) is 37.0 Å². The van der Waals surface area contributed by atoms with Crippen molar-refractivity contribution in [1.29, 1.82) is 0 Å². The van der Waals surface area contributed by atoms with Crippen LogP contribution in [0.2, 0.25) is 0 Å². The second kappa shape index (κ2) is 10.5. The van der Waals surface area contributed by atoms with Crippen molar-refractivity contribution in [1.82, 2.24) is 9.62 Å². The Morgan fingerprint density at radius 1 is 1.03 bits per heavy atom. The zero-order valence-electron chi connectivity index (χ0n) is 17.6. The van der Waals surface area contributed by atoms with E-state index in [-0.39, 0.29) is 28.6 Å². The smallest absolute Gasteiger partial charge is 0.243 e. The van der Waals surface area contributed by atoms with Gasteiger partial charge >= 0.3 is 0 Å². The molecule has 1 N–H and O–H groups in total. The van der Waals surface area contributed by atoms with Gasteiger partial charge in [0.1, 0.15) is 6.29 Å². The Bertz CT molecular complexity index is 909. The van der Waals surface area contributed by atoms with Crippen molar-refractivity contribution in [2.24, 2.45) is 5.92 Å². The summed E-state index contributed by atoms with van der Waals surface area (Å²) in [6.45, 7) is 6.73. The van der Waals surface area contributed by atoms with E-state index in [0.717, 1.165) is 32.2 Å². The zero-order chi connectivity index (χ0) is 20.9. The molecule has 5 nitrogen and oxygen atoms in total. The summed E-state index contributed by atoms with van der Waals surface area (Å²) in [6.07, 6.45) is 2.51. The minimum Gasteiger partial charge on any atom is -0.317 e. The lowest BCUT2D eigenvalue weighted by atomic mass is 9.73. The number of piperidine rings is 1. The van der Waals surface area contributed by atoms with E-state index in [9.17, 15) is 13.2 Å². The SMILES string of the molecule is CC(C)CN(CC1(c2ccccc2)CCNCC1)S(=O)(=O)c1ccc(C=O)cc1.Cl. The van der Waals surface area contributed by atoms with Gasteiger partial charge in [-0.05, 0) is 49.5 Å². The van der Waals surface area contributed by atoms with Gasteiger partial charge < -0.3 is 5.32 Å². The molecule has 2 aromatic rings. The Morgan fingerprint density at radius 3 is 2.17 bits per heavy atom. The Kier molecular flexibility index (Phi) is 8.62. The average Bonchev–Trinajstić information content (AvgIpc) is 2.74. The maximum absolute atomic E-state index is 13.5. The number of hydrogen-bond donors (Lipinski definition) is 1. The number of carbonyl (C=O) groups excluding carboxylic acids is 1. The first kappa shape index (κ1) is 24.5. The summed E-state index contributed by atoms with van der Waals surface area (Å²) in [7, 11) is -3.67. The first-order valence-electron chi connectivity index (χ1n) is 10.2. The van der Waals surface area contributed by atoms with Crippen LogP contribution < -0.4 is 5.32 Å². The number of carbonyl (C=O) groups is 1. The van der Waals surface area contributed by atoms with Gasteiger partial charge in [-0.3, -0.25) is 4.79 Å². The van der Waals surface area contributed by atoms with E-state index in [1.807, 2.05) is 32.0 Å². The van der Waals surface area contributed by atoms with E-state index >= 15 is 0 Å². The number of aldehydes is 1. The molecule has 1 saturated heterocycles. The highest BCUT2D eigenvalue weighted by Crippen LogP contribution is 2.36. The van der Waals surface area contributed by atoms with Gasteiger partial charge in [-0.15, -0.1) is 12.4 Å². The van der Waals surface area contributed by atoms with Gasteiger partial charge in [-0.2, -0.15) is 4.31 Å². The minimum absolute atomic E-state index is 0. The molecular weight excluding hydrogens is 420 g/mol. The predicted octanol–water partition coefficient (Wildman–Crippen LogP) is 3.89. The van der Waals surface area contributed by atoms with Crippen molar-refractivity contribution >= 4 is 28.7 Å². The van der Waals surface area contributed by atoms with Crippen LogP contribution in [0.3, 0.4) is 0 Å². The van der Waals surface area contributed by atoms with E-state index in [1.165, 1.54) is 17.7 Å². The summed E-state index contributed by atoms with van der Waals surface area (Å²) in [5.74, 6) is 0.202. The van der Waals surface area contributed by atoms with Crippen molar-refractivity contribution in [3.8, 4) is 0 Å². The molecule has 0 aliphatic carbocycles. The lowest BCUT2D eigenvalue weighted by Crippen LogP contribution is -2.50. The fraction of sp³-hybridized carbons (Fsp3) is 0.435. The van der Waals surface area contributed by atoms with Crippen LogP contribution in [0.15, 0.2) is 59.5 Å². The second-order valence-electron chi connectivity index (χ2n) is 8.27. The summed E-state index contributed by atoms with van der Waals surface area (Å²) in [4.78, 5) is 11.2. The van der Waals surface area contributed by atoms with Gasteiger partial charge in [-0.1, -0.05) is 56.3 Å². The summed E-state index contributed by atoms with van der Waals surface area (Å²) >= 11 is 0. The molecule has 1 fully saturated rings. The predicted molar refractivity (Wildman–Crippen MR) is 123 cm³/mol. The molecule has 1 heterocycles. The highest BCUT2D eigenvalue weighted by Gasteiger charge is 2.39. The van der Waals surface area contributed by atoms with E-state index in [0.29, 0.717) is 18.7 Å². The van der Waals surface area contributed by atoms with Crippen LogP contribution in [0.1, 0.15) is 42.6 Å². The monoisotopic (exact) mass is 450 g/mol. The number of rotatable bonds is 8. The van der Waals surface area contributed by atoms with E-state index in [2.05, 4.69) is 17.4 Å². The average molecular weight is 451 g/mol. The van der Waals surface area contributed by atoms with Gasteiger partial charge in [-0.25, -0.2) is 8.42 Å². The Balaban J connectivity index is 0.00000320. The van der Waals surface area contributed by atoms with Crippen molar-refractivity contribution < 1.29 is 13.2 Å². The topological polar surface area (TPSA) is 66.5 Å². The van der Waals surface area contributed by atoms with Crippen LogP contribution >= 0.6 is 12.4 Å². The first-order valence-corrected chi connectivity index (χ1v) is 11.6. The third-order valence-corrected chi connectivity index (χ3v) is 7.47. The highest BCUT2D eigenvalue weighted by atomic mass is 35.5. The van der Waals surface area contributed by atoms with Gasteiger partial charge in [0.15, 0.2) is 0 Å². The molecule has 30 heavy (non-hydrogen) atoms. The molecule has 3 rings (SSSR count). The van der Waals surface area contributed by atoms with Crippen LogP contribution in [-0.4, -0.2) is 45.2 Å². The van der Waals surface area contributed by atoms with Crippen LogP contribution in [-0.2, 0) is 15.4 Å². The molecule has 164 valence electrons. The number of nitrogens with zero attached hydrogens (tertiary/aromatic N) is 1. The number of benzene rings is 2. The standard InChI is InChI=1S/C23H30N2O3S.ClH/c1-19(2)16-25(29(27,28)22-10-8-20(17-26)9-11-22)18-23(12-14-24-15-13-23)21-6-4-3-5-7-21;/h3-11,17,19,24H,12-16,18H2,1-2H3;1H. The molecule has 0 unspecified atom stereocenters. The number of sulfonamides is 1. The van der Waals surface area contributed by atoms with Gasteiger partial charge in [0.05, 0.1) is 4.90 Å². The van der Waals surface area contributed by atoms with Crippen LogP contribution in [0.5, 0.6) is 0 Å². The van der Waals surface area contributed by atoms with Crippen molar-refractivity contribution in [2.75, 3.05) is 26.2 Å². The summed E-state index contributed by atoms with van der Waals surface area (Å²) < 4.78 is 28.7. The van der Waals surface area contributed by atoms with Gasteiger partial charge in [0.25, 0.3) is 0 Å². The molecule has 1 aliphatic rings. The van der Waals surface area contributed by atoms with E-state index in [4.69, 9.17) is 0 Å². The van der Waals surface area contributed by atoms with Crippen LogP contribution in [0.25, 0.3) is 0 Å². The summed E-state index contributed by atoms with van der Waals surface area (Å²) in [6, 6.07) is 16.5. The van der Waals surface area contributed by atoms with Gasteiger partial charge in [0.2, 0.25) is 10.0 Å². The molecule has 0 spiro atoms. The van der Waals surface area contributed by atoms with E-state index < -0.39 is 10.0 Å².